The number of carbonyl (C=O) groups is 1. The van der Waals surface area contributed by atoms with Gasteiger partial charge in [-0.2, -0.15) is 4.37 Å². The Morgan fingerprint density at radius 1 is 1.47 bits per heavy atom. The van der Waals surface area contributed by atoms with Crippen LogP contribution in [0.2, 0.25) is 0 Å². The molecule has 2 saturated heterocycles. The minimum Gasteiger partial charge on any atom is -0.393 e. The monoisotopic (exact) mass is 282 g/mol. The first kappa shape index (κ1) is 12.7. The third-order valence-corrected chi connectivity index (χ3v) is 4.97. The van der Waals surface area contributed by atoms with Crippen LogP contribution in [0.4, 0.5) is 10.8 Å². The Morgan fingerprint density at radius 2 is 2.11 bits per heavy atom. The largest absolute Gasteiger partial charge is 0.393 e. The van der Waals surface area contributed by atoms with Crippen molar-refractivity contribution in [1.82, 2.24) is 9.69 Å². The van der Waals surface area contributed by atoms with Gasteiger partial charge in [0.15, 0.2) is 5.82 Å². The summed E-state index contributed by atoms with van der Waals surface area (Å²) in [5.74, 6) is 0.108. The molecular weight excluding hydrogens is 264 g/mol. The maximum atomic E-state index is 12.0. The maximum Gasteiger partial charge on any atom is 0.257 e. The fourth-order valence-corrected chi connectivity index (χ4v) is 4.24. The molecule has 0 saturated carbocycles. The summed E-state index contributed by atoms with van der Waals surface area (Å²) in [6.45, 7) is 0. The maximum absolute atomic E-state index is 12.0. The fraction of sp³-hybridized carbons (Fsp3) is 0.667. The van der Waals surface area contributed by atoms with E-state index in [1.54, 1.807) is 7.05 Å². The molecule has 0 aromatic carbocycles. The Labute approximate surface area is 115 Å². The van der Waals surface area contributed by atoms with Crippen LogP contribution in [-0.4, -0.2) is 40.6 Å². The van der Waals surface area contributed by atoms with Gasteiger partial charge >= 0.3 is 0 Å². The van der Waals surface area contributed by atoms with Gasteiger partial charge in [0.25, 0.3) is 5.91 Å². The van der Waals surface area contributed by atoms with Gasteiger partial charge in [-0.1, -0.05) is 0 Å². The molecule has 3 heterocycles. The first-order valence-corrected chi connectivity index (χ1v) is 7.32. The molecular formula is C12H18N4O2S. The zero-order valence-corrected chi connectivity index (χ0v) is 11.6. The van der Waals surface area contributed by atoms with Gasteiger partial charge in [0, 0.05) is 19.1 Å². The van der Waals surface area contributed by atoms with Crippen LogP contribution in [0.1, 0.15) is 36.0 Å². The molecule has 2 unspecified atom stereocenters. The van der Waals surface area contributed by atoms with E-state index in [1.807, 2.05) is 0 Å². The number of aromatic nitrogens is 1. The second kappa shape index (κ2) is 4.64. The van der Waals surface area contributed by atoms with Gasteiger partial charge in [-0.15, -0.1) is 0 Å². The number of anilines is 2. The zero-order valence-electron chi connectivity index (χ0n) is 10.8. The van der Waals surface area contributed by atoms with Gasteiger partial charge in [0.05, 0.1) is 6.10 Å². The normalized spacial score (nSPS) is 29.6. The number of nitrogens with one attached hydrogen (secondary N) is 1. The summed E-state index contributed by atoms with van der Waals surface area (Å²) in [4.78, 5) is 14.2. The van der Waals surface area contributed by atoms with Crippen LogP contribution >= 0.6 is 11.5 Å². The van der Waals surface area contributed by atoms with Gasteiger partial charge < -0.3 is 21.1 Å². The standard InChI is InChI=1S/C12H18N4O2S/c1-14-11(18)9-10(13)15-19-12(9)16-6-2-3-7(16)5-8(17)4-6/h6-8,17H,2-5H2,1H3,(H2,13,15)(H,14,18). The molecule has 104 valence electrons. The highest BCUT2D eigenvalue weighted by Gasteiger charge is 2.42. The Bertz CT molecular complexity index is 490. The van der Waals surface area contributed by atoms with Crippen molar-refractivity contribution < 1.29 is 9.90 Å². The lowest BCUT2D eigenvalue weighted by atomic mass is 10.00. The van der Waals surface area contributed by atoms with Gasteiger partial charge in [0.2, 0.25) is 0 Å². The molecule has 2 aliphatic heterocycles. The van der Waals surface area contributed by atoms with E-state index in [0.29, 0.717) is 23.5 Å². The number of nitrogen functional groups attached to an aromatic ring is 1. The van der Waals surface area contributed by atoms with Crippen molar-refractivity contribution in [1.29, 1.82) is 0 Å². The Hall–Kier alpha value is -1.34. The minimum atomic E-state index is -0.220. The number of rotatable bonds is 2. The van der Waals surface area contributed by atoms with E-state index in [0.717, 1.165) is 30.7 Å². The van der Waals surface area contributed by atoms with Crippen molar-refractivity contribution in [3.05, 3.63) is 5.56 Å². The second-order valence-electron chi connectivity index (χ2n) is 5.24. The van der Waals surface area contributed by atoms with Crippen LogP contribution in [0.3, 0.4) is 0 Å². The summed E-state index contributed by atoms with van der Waals surface area (Å²) in [5, 5.41) is 13.3. The summed E-state index contributed by atoms with van der Waals surface area (Å²) in [5.41, 5.74) is 6.31. The third kappa shape index (κ3) is 1.97. The van der Waals surface area contributed by atoms with E-state index in [2.05, 4.69) is 14.6 Å². The van der Waals surface area contributed by atoms with E-state index >= 15 is 0 Å². The van der Waals surface area contributed by atoms with Crippen molar-refractivity contribution in [2.24, 2.45) is 0 Å². The topological polar surface area (TPSA) is 91.5 Å². The fourth-order valence-electron chi connectivity index (χ4n) is 3.29. The highest BCUT2D eigenvalue weighted by molar-refractivity contribution is 7.11. The predicted molar refractivity (Wildman–Crippen MR) is 74.4 cm³/mol. The van der Waals surface area contributed by atoms with Gasteiger partial charge in [-0.3, -0.25) is 4.79 Å². The predicted octanol–water partition coefficient (Wildman–Crippen LogP) is 0.577. The molecule has 0 aliphatic carbocycles. The van der Waals surface area contributed by atoms with E-state index in [-0.39, 0.29) is 12.0 Å². The SMILES string of the molecule is CNC(=O)c1c(N)nsc1N1C2CCC1CC(O)C2. The molecule has 0 spiro atoms. The van der Waals surface area contributed by atoms with Crippen molar-refractivity contribution in [3.8, 4) is 0 Å². The summed E-state index contributed by atoms with van der Waals surface area (Å²) in [6.07, 6.45) is 3.44. The summed E-state index contributed by atoms with van der Waals surface area (Å²) < 4.78 is 4.13. The molecule has 1 aromatic rings. The molecule has 2 atom stereocenters. The zero-order chi connectivity index (χ0) is 13.6. The first-order valence-electron chi connectivity index (χ1n) is 6.55. The summed E-state index contributed by atoms with van der Waals surface area (Å²) in [6, 6.07) is 0.606. The molecule has 1 amide bonds. The van der Waals surface area contributed by atoms with E-state index < -0.39 is 0 Å². The smallest absolute Gasteiger partial charge is 0.257 e. The van der Waals surface area contributed by atoms with Crippen LogP contribution in [0.5, 0.6) is 0 Å². The number of hydrogen-bond donors (Lipinski definition) is 3. The van der Waals surface area contributed by atoms with Crippen LogP contribution in [0.15, 0.2) is 0 Å². The number of hydrogen-bond acceptors (Lipinski definition) is 6. The number of nitrogens with zero attached hydrogens (tertiary/aromatic N) is 2. The van der Waals surface area contributed by atoms with Crippen LogP contribution in [0.25, 0.3) is 0 Å². The van der Waals surface area contributed by atoms with Gasteiger partial charge in [-0.25, -0.2) is 0 Å². The second-order valence-corrected chi connectivity index (χ2v) is 6.00. The molecule has 7 heteroatoms. The van der Waals surface area contributed by atoms with Crippen molar-refractivity contribution >= 4 is 28.3 Å². The van der Waals surface area contributed by atoms with Crippen LogP contribution < -0.4 is 16.0 Å². The lowest BCUT2D eigenvalue weighted by Gasteiger charge is -2.38. The van der Waals surface area contributed by atoms with Gasteiger partial charge in [-0.05, 0) is 37.2 Å². The number of aliphatic hydroxyl groups excluding tert-OH is 1. The van der Waals surface area contributed by atoms with Crippen LogP contribution in [-0.2, 0) is 0 Å². The third-order valence-electron chi connectivity index (χ3n) is 4.10. The van der Waals surface area contributed by atoms with Crippen molar-refractivity contribution in [2.75, 3.05) is 17.7 Å². The molecule has 2 bridgehead atoms. The summed E-state index contributed by atoms with van der Waals surface area (Å²) in [7, 11) is 1.60. The quantitative estimate of drug-likeness (QED) is 0.738. The number of amides is 1. The Balaban J connectivity index is 1.97. The van der Waals surface area contributed by atoms with E-state index in [9.17, 15) is 9.90 Å². The summed E-state index contributed by atoms with van der Waals surface area (Å²) >= 11 is 1.28. The molecule has 4 N–H and O–H groups in total. The first-order chi connectivity index (χ1) is 9.11. The highest BCUT2D eigenvalue weighted by atomic mass is 32.1. The highest BCUT2D eigenvalue weighted by Crippen LogP contribution is 2.43. The molecule has 1 aromatic heterocycles. The molecule has 0 radical (unpaired) electrons. The number of fused-ring (bicyclic) bond motifs is 2. The Morgan fingerprint density at radius 3 is 2.68 bits per heavy atom. The average molecular weight is 282 g/mol. The lowest BCUT2D eigenvalue weighted by Crippen LogP contribution is -2.45. The minimum absolute atomic E-state index is 0.188. The Kier molecular flexibility index (Phi) is 3.10. The molecule has 19 heavy (non-hydrogen) atoms. The van der Waals surface area contributed by atoms with Crippen molar-refractivity contribution in [3.63, 3.8) is 0 Å². The number of piperidine rings is 1. The van der Waals surface area contributed by atoms with Crippen LogP contribution in [0, 0.1) is 0 Å². The number of aliphatic hydroxyl groups is 1. The molecule has 2 fully saturated rings. The molecule has 2 aliphatic rings. The van der Waals surface area contributed by atoms with E-state index in [1.165, 1.54) is 11.5 Å². The number of nitrogens with two attached hydrogens (primary N) is 1. The molecule has 3 rings (SSSR count). The van der Waals surface area contributed by atoms with E-state index in [4.69, 9.17) is 5.73 Å². The van der Waals surface area contributed by atoms with Gasteiger partial charge in [0.1, 0.15) is 10.6 Å². The van der Waals surface area contributed by atoms with Crippen molar-refractivity contribution in [2.45, 2.75) is 43.9 Å². The lowest BCUT2D eigenvalue weighted by molar-refractivity contribution is 0.0964. The number of carbonyl (C=O) groups excluding carboxylic acids is 1. The average Bonchev–Trinajstić information content (AvgIpc) is 2.87. The molecule has 6 nitrogen and oxygen atoms in total.